The van der Waals surface area contributed by atoms with Crippen LogP contribution in [0.4, 0.5) is 13.6 Å². The van der Waals surface area contributed by atoms with Crippen molar-refractivity contribution in [1.29, 1.82) is 0 Å². The summed E-state index contributed by atoms with van der Waals surface area (Å²) in [5.41, 5.74) is 0.532. The van der Waals surface area contributed by atoms with Crippen molar-refractivity contribution < 1.29 is 23.0 Å². The molecule has 0 radical (unpaired) electrons. The van der Waals surface area contributed by atoms with Crippen molar-refractivity contribution >= 4 is 18.5 Å². The predicted molar refractivity (Wildman–Crippen MR) is 62.2 cm³/mol. The molecule has 1 aliphatic rings. The first-order chi connectivity index (χ1) is 8.16. The van der Waals surface area contributed by atoms with E-state index in [1.807, 2.05) is 0 Å². The number of carbonyl (C=O) groups excluding carboxylic acids is 1. The molecular formula is C11H12ClF2NO3. The van der Waals surface area contributed by atoms with E-state index in [2.05, 4.69) is 10.1 Å². The molecule has 0 aromatic heterocycles. The Labute approximate surface area is 109 Å². The van der Waals surface area contributed by atoms with Gasteiger partial charge in [0.2, 0.25) is 0 Å². The van der Waals surface area contributed by atoms with E-state index in [0.717, 1.165) is 0 Å². The number of cyclic esters (lactones) is 1. The van der Waals surface area contributed by atoms with E-state index in [9.17, 15) is 13.6 Å². The zero-order valence-electron chi connectivity index (χ0n) is 9.27. The van der Waals surface area contributed by atoms with Crippen molar-refractivity contribution in [1.82, 2.24) is 5.32 Å². The zero-order chi connectivity index (χ0) is 12.3. The molecule has 1 aromatic carbocycles. The average Bonchev–Trinajstić information content (AvgIpc) is 2.29. The van der Waals surface area contributed by atoms with E-state index < -0.39 is 12.7 Å². The number of alkyl halides is 2. The normalized spacial score (nSPS) is 18.6. The van der Waals surface area contributed by atoms with E-state index in [4.69, 9.17) is 4.74 Å². The zero-order valence-corrected chi connectivity index (χ0v) is 10.1. The van der Waals surface area contributed by atoms with Gasteiger partial charge in [0.15, 0.2) is 0 Å². The van der Waals surface area contributed by atoms with Gasteiger partial charge in [-0.3, -0.25) is 0 Å². The second-order valence-electron chi connectivity index (χ2n) is 3.54. The van der Waals surface area contributed by atoms with Crippen molar-refractivity contribution in [3.8, 4) is 5.75 Å². The van der Waals surface area contributed by atoms with Gasteiger partial charge < -0.3 is 14.8 Å². The summed E-state index contributed by atoms with van der Waals surface area (Å²) in [6.07, 6.45) is -0.0249. The Balaban J connectivity index is 0.00000162. The van der Waals surface area contributed by atoms with E-state index in [1.54, 1.807) is 18.2 Å². The van der Waals surface area contributed by atoms with Crippen LogP contribution in [0.5, 0.6) is 5.75 Å². The second-order valence-corrected chi connectivity index (χ2v) is 3.54. The van der Waals surface area contributed by atoms with Gasteiger partial charge in [-0.25, -0.2) is 4.79 Å². The SMILES string of the molecule is Cl.O=C1N[C@H](c2ccccc2OC(F)F)CCO1. The molecule has 1 heterocycles. The fraction of sp³-hybridized carbons (Fsp3) is 0.364. The number of ether oxygens (including phenoxy) is 2. The lowest BCUT2D eigenvalue weighted by molar-refractivity contribution is -0.0508. The third kappa shape index (κ3) is 3.46. The van der Waals surface area contributed by atoms with Crippen molar-refractivity contribution in [2.24, 2.45) is 0 Å². The Bertz CT molecular complexity index is 417. The van der Waals surface area contributed by atoms with Crippen LogP contribution in [0.1, 0.15) is 18.0 Å². The van der Waals surface area contributed by atoms with Crippen molar-refractivity contribution in [3.05, 3.63) is 29.8 Å². The van der Waals surface area contributed by atoms with Gasteiger partial charge in [0.05, 0.1) is 12.6 Å². The van der Waals surface area contributed by atoms with E-state index >= 15 is 0 Å². The van der Waals surface area contributed by atoms with Crippen LogP contribution in [0.15, 0.2) is 24.3 Å². The molecule has 1 N–H and O–H groups in total. The first kappa shape index (κ1) is 14.5. The molecule has 1 aliphatic heterocycles. The van der Waals surface area contributed by atoms with Gasteiger partial charge in [0.25, 0.3) is 0 Å². The van der Waals surface area contributed by atoms with Crippen LogP contribution in [-0.2, 0) is 4.74 Å². The third-order valence-electron chi connectivity index (χ3n) is 2.44. The van der Waals surface area contributed by atoms with Crippen LogP contribution >= 0.6 is 12.4 Å². The topological polar surface area (TPSA) is 47.6 Å². The highest BCUT2D eigenvalue weighted by atomic mass is 35.5. The van der Waals surface area contributed by atoms with Gasteiger partial charge in [-0.2, -0.15) is 8.78 Å². The lowest BCUT2D eigenvalue weighted by atomic mass is 10.0. The lowest BCUT2D eigenvalue weighted by Gasteiger charge is -2.25. The number of para-hydroxylation sites is 1. The summed E-state index contributed by atoms with van der Waals surface area (Å²) in [7, 11) is 0. The summed E-state index contributed by atoms with van der Waals surface area (Å²) in [6.45, 7) is -2.62. The molecule has 1 atom stereocenters. The molecule has 4 nitrogen and oxygen atoms in total. The van der Waals surface area contributed by atoms with Gasteiger partial charge in [-0.05, 0) is 6.07 Å². The number of alkyl carbamates (subject to hydrolysis) is 1. The van der Waals surface area contributed by atoms with Crippen LogP contribution in [0, 0.1) is 0 Å². The molecule has 1 amide bonds. The van der Waals surface area contributed by atoms with E-state index in [0.29, 0.717) is 12.0 Å². The Kier molecular flexibility index (Phi) is 5.15. The van der Waals surface area contributed by atoms with Gasteiger partial charge >= 0.3 is 12.7 Å². The molecule has 0 bridgehead atoms. The molecule has 0 unspecified atom stereocenters. The maximum absolute atomic E-state index is 12.2. The summed E-state index contributed by atoms with van der Waals surface area (Å²) < 4.78 is 33.5. The average molecular weight is 280 g/mol. The maximum Gasteiger partial charge on any atom is 0.407 e. The second kappa shape index (κ2) is 6.39. The largest absolute Gasteiger partial charge is 0.449 e. The molecule has 1 fully saturated rings. The molecule has 1 saturated heterocycles. The number of benzene rings is 1. The molecule has 18 heavy (non-hydrogen) atoms. The van der Waals surface area contributed by atoms with Crippen LogP contribution in [0.3, 0.4) is 0 Å². The molecule has 2 rings (SSSR count). The smallest absolute Gasteiger partial charge is 0.407 e. The fourth-order valence-electron chi connectivity index (χ4n) is 1.73. The highest BCUT2D eigenvalue weighted by Gasteiger charge is 2.24. The number of carbonyl (C=O) groups is 1. The quantitative estimate of drug-likeness (QED) is 0.925. The van der Waals surface area contributed by atoms with E-state index in [1.165, 1.54) is 6.07 Å². The van der Waals surface area contributed by atoms with Gasteiger partial charge in [0.1, 0.15) is 5.75 Å². The van der Waals surface area contributed by atoms with Gasteiger partial charge in [0, 0.05) is 12.0 Å². The van der Waals surface area contributed by atoms with E-state index in [-0.39, 0.29) is 30.8 Å². The predicted octanol–water partition coefficient (Wildman–Crippen LogP) is 2.88. The fourth-order valence-corrected chi connectivity index (χ4v) is 1.73. The number of hydrogen-bond donors (Lipinski definition) is 1. The molecule has 0 saturated carbocycles. The molecule has 100 valence electrons. The first-order valence-corrected chi connectivity index (χ1v) is 5.14. The Hall–Kier alpha value is -1.56. The number of halogens is 3. The molecular weight excluding hydrogens is 268 g/mol. The third-order valence-corrected chi connectivity index (χ3v) is 2.44. The number of amides is 1. The number of nitrogens with one attached hydrogen (secondary N) is 1. The minimum absolute atomic E-state index is 0. The van der Waals surface area contributed by atoms with Crippen molar-refractivity contribution in [2.75, 3.05) is 6.61 Å². The summed E-state index contributed by atoms with van der Waals surface area (Å²) in [5, 5.41) is 2.56. The maximum atomic E-state index is 12.2. The highest BCUT2D eigenvalue weighted by molar-refractivity contribution is 5.85. The first-order valence-electron chi connectivity index (χ1n) is 5.14. The van der Waals surface area contributed by atoms with Crippen LogP contribution in [0.25, 0.3) is 0 Å². The minimum Gasteiger partial charge on any atom is -0.449 e. The van der Waals surface area contributed by atoms with Crippen LogP contribution in [-0.4, -0.2) is 19.3 Å². The van der Waals surface area contributed by atoms with Crippen molar-refractivity contribution in [2.45, 2.75) is 19.1 Å². The van der Waals surface area contributed by atoms with Crippen molar-refractivity contribution in [3.63, 3.8) is 0 Å². The standard InChI is InChI=1S/C11H11F2NO3.ClH/c12-10(13)17-9-4-2-1-3-7(9)8-5-6-16-11(15)14-8;/h1-4,8,10H,5-6H2,(H,14,15);1H/t8-;/m0./s1. The lowest BCUT2D eigenvalue weighted by Crippen LogP contribution is -2.35. The van der Waals surface area contributed by atoms with Gasteiger partial charge in [-0.15, -0.1) is 12.4 Å². The highest BCUT2D eigenvalue weighted by Crippen LogP contribution is 2.29. The summed E-state index contributed by atoms with van der Waals surface area (Å²) in [4.78, 5) is 11.1. The Morgan fingerprint density at radius 2 is 2.11 bits per heavy atom. The van der Waals surface area contributed by atoms with Crippen LogP contribution in [0.2, 0.25) is 0 Å². The van der Waals surface area contributed by atoms with Gasteiger partial charge in [-0.1, -0.05) is 18.2 Å². The summed E-state index contributed by atoms with van der Waals surface area (Å²) in [6, 6.07) is 6.04. The monoisotopic (exact) mass is 279 g/mol. The Morgan fingerprint density at radius 1 is 1.39 bits per heavy atom. The summed E-state index contributed by atoms with van der Waals surface area (Å²) >= 11 is 0. The minimum atomic E-state index is -2.88. The van der Waals surface area contributed by atoms with Crippen LogP contribution < -0.4 is 10.1 Å². The summed E-state index contributed by atoms with van der Waals surface area (Å²) in [5.74, 6) is 0.0784. The molecule has 0 spiro atoms. The molecule has 1 aromatic rings. The number of rotatable bonds is 3. The molecule has 0 aliphatic carbocycles. The Morgan fingerprint density at radius 3 is 2.78 bits per heavy atom. The molecule has 7 heteroatoms. The number of hydrogen-bond acceptors (Lipinski definition) is 3.